The Bertz CT molecular complexity index is 672. The third-order valence-corrected chi connectivity index (χ3v) is 6.44. The fraction of sp³-hybridized carbons (Fsp3) is 0.650. The summed E-state index contributed by atoms with van der Waals surface area (Å²) in [5.74, 6) is 0.227. The van der Waals surface area contributed by atoms with Crippen LogP contribution in [0.15, 0.2) is 24.5 Å². The van der Waals surface area contributed by atoms with Crippen LogP contribution in [0.2, 0.25) is 0 Å². The summed E-state index contributed by atoms with van der Waals surface area (Å²) in [6.45, 7) is 2.03. The van der Waals surface area contributed by atoms with Gasteiger partial charge in [0.05, 0.1) is 11.5 Å². The van der Waals surface area contributed by atoms with Crippen LogP contribution in [0.25, 0.3) is 0 Å². The summed E-state index contributed by atoms with van der Waals surface area (Å²) < 4.78 is 0. The highest BCUT2D eigenvalue weighted by Gasteiger charge is 2.51. The minimum Gasteiger partial charge on any atom is -0.393 e. The fourth-order valence-electron chi connectivity index (χ4n) is 4.93. The maximum atomic E-state index is 13.3. The molecule has 1 aromatic heterocycles. The zero-order valence-electron chi connectivity index (χ0n) is 15.1. The summed E-state index contributed by atoms with van der Waals surface area (Å²) >= 11 is 0. The molecule has 0 radical (unpaired) electrons. The van der Waals surface area contributed by atoms with Gasteiger partial charge in [-0.3, -0.25) is 14.6 Å². The van der Waals surface area contributed by atoms with Gasteiger partial charge < -0.3 is 14.9 Å². The lowest BCUT2D eigenvalue weighted by atomic mass is 9.78. The Morgan fingerprint density at radius 2 is 1.85 bits per heavy atom. The summed E-state index contributed by atoms with van der Waals surface area (Å²) in [6.07, 6.45) is 9.00. The number of nitrogens with zero attached hydrogens (tertiary/aromatic N) is 3. The first-order valence-corrected chi connectivity index (χ1v) is 9.77. The Hall–Kier alpha value is -1.95. The molecule has 1 spiro atoms. The summed E-state index contributed by atoms with van der Waals surface area (Å²) in [5.41, 5.74) is 0.234. The van der Waals surface area contributed by atoms with E-state index in [0.29, 0.717) is 18.7 Å². The van der Waals surface area contributed by atoms with Crippen LogP contribution in [0.1, 0.15) is 55.3 Å². The van der Waals surface area contributed by atoms with E-state index in [9.17, 15) is 14.7 Å². The Kier molecular flexibility index (Phi) is 4.69. The van der Waals surface area contributed by atoms with Gasteiger partial charge in [0.25, 0.3) is 5.91 Å². The zero-order chi connectivity index (χ0) is 18.1. The number of aliphatic hydroxyl groups is 1. The van der Waals surface area contributed by atoms with Gasteiger partial charge in [-0.15, -0.1) is 0 Å². The van der Waals surface area contributed by atoms with Gasteiger partial charge in [0, 0.05) is 43.6 Å². The molecule has 1 atom stereocenters. The lowest BCUT2D eigenvalue weighted by Gasteiger charge is -2.40. The maximum absolute atomic E-state index is 13.3. The Balaban J connectivity index is 1.46. The largest absolute Gasteiger partial charge is 0.393 e. The van der Waals surface area contributed by atoms with Crippen LogP contribution in [0.3, 0.4) is 0 Å². The van der Waals surface area contributed by atoms with Gasteiger partial charge in [0.2, 0.25) is 5.91 Å². The van der Waals surface area contributed by atoms with Crippen LogP contribution < -0.4 is 0 Å². The number of pyridine rings is 1. The Labute approximate surface area is 154 Å². The molecule has 0 aromatic carbocycles. The minimum absolute atomic E-state index is 0.00138. The summed E-state index contributed by atoms with van der Waals surface area (Å²) in [7, 11) is 0. The van der Waals surface area contributed by atoms with Crippen molar-refractivity contribution in [3.05, 3.63) is 30.1 Å². The molecule has 3 aliphatic rings. The molecule has 3 heterocycles. The normalized spacial score (nSPS) is 32.3. The molecule has 2 saturated heterocycles. The van der Waals surface area contributed by atoms with E-state index in [1.54, 1.807) is 24.5 Å². The van der Waals surface area contributed by atoms with Gasteiger partial charge in [0.1, 0.15) is 0 Å². The van der Waals surface area contributed by atoms with Crippen molar-refractivity contribution < 1.29 is 14.7 Å². The first-order valence-electron chi connectivity index (χ1n) is 9.77. The number of likely N-dealkylation sites (tertiary alicyclic amines) is 2. The number of rotatable bonds is 2. The predicted molar refractivity (Wildman–Crippen MR) is 96.4 cm³/mol. The molecule has 1 aromatic rings. The molecule has 1 unspecified atom stereocenters. The second kappa shape index (κ2) is 6.99. The van der Waals surface area contributed by atoms with Crippen LogP contribution in [-0.4, -0.2) is 63.5 Å². The second-order valence-corrected chi connectivity index (χ2v) is 8.06. The van der Waals surface area contributed by atoms with E-state index in [4.69, 9.17) is 0 Å². The van der Waals surface area contributed by atoms with Crippen molar-refractivity contribution in [2.75, 3.05) is 19.6 Å². The molecular formula is C20H27N3O3. The molecular weight excluding hydrogens is 330 g/mol. The van der Waals surface area contributed by atoms with E-state index in [1.807, 2.05) is 9.80 Å². The predicted octanol–water partition coefficient (Wildman–Crippen LogP) is 1.84. The molecule has 6 heteroatoms. The monoisotopic (exact) mass is 357 g/mol. The Morgan fingerprint density at radius 1 is 1.12 bits per heavy atom. The SMILES string of the molecule is O=C(c1ccncc1)N1CCCC2(CCN([C@H]3CC[C@H](O)CC3)C2=O)C1. The molecule has 2 amide bonds. The van der Waals surface area contributed by atoms with Crippen molar-refractivity contribution in [2.45, 2.75) is 57.1 Å². The Morgan fingerprint density at radius 3 is 2.58 bits per heavy atom. The molecule has 1 saturated carbocycles. The minimum atomic E-state index is -0.406. The molecule has 4 rings (SSSR count). The molecule has 140 valence electrons. The number of hydrogen-bond acceptors (Lipinski definition) is 4. The molecule has 6 nitrogen and oxygen atoms in total. The third kappa shape index (κ3) is 3.11. The topological polar surface area (TPSA) is 73.7 Å². The fourth-order valence-corrected chi connectivity index (χ4v) is 4.93. The van der Waals surface area contributed by atoms with Crippen LogP contribution in [0.4, 0.5) is 0 Å². The van der Waals surface area contributed by atoms with E-state index < -0.39 is 5.41 Å². The van der Waals surface area contributed by atoms with Crippen molar-refractivity contribution in [3.8, 4) is 0 Å². The molecule has 1 aliphatic carbocycles. The number of carbonyl (C=O) groups is 2. The number of carbonyl (C=O) groups excluding carboxylic acids is 2. The first kappa shape index (κ1) is 17.5. The first-order chi connectivity index (χ1) is 12.6. The summed E-state index contributed by atoms with van der Waals surface area (Å²) in [5, 5.41) is 9.73. The van der Waals surface area contributed by atoms with Gasteiger partial charge in [-0.2, -0.15) is 0 Å². The molecule has 3 fully saturated rings. The van der Waals surface area contributed by atoms with E-state index in [2.05, 4.69) is 4.98 Å². The standard InChI is InChI=1S/C20H27N3O3/c24-17-4-2-16(3-5-17)23-13-9-20(19(23)26)8-1-12-22(14-20)18(25)15-6-10-21-11-7-15/h6-7,10-11,16-17,24H,1-5,8-9,12-14H2/t16-,17-,20?. The van der Waals surface area contributed by atoms with Crippen LogP contribution >= 0.6 is 0 Å². The average Bonchev–Trinajstić information content (AvgIpc) is 2.98. The van der Waals surface area contributed by atoms with Crippen molar-refractivity contribution in [1.29, 1.82) is 0 Å². The summed E-state index contributed by atoms with van der Waals surface area (Å²) in [6, 6.07) is 3.73. The highest BCUT2D eigenvalue weighted by atomic mass is 16.3. The van der Waals surface area contributed by atoms with Gasteiger partial charge in [-0.05, 0) is 57.1 Å². The van der Waals surface area contributed by atoms with E-state index >= 15 is 0 Å². The molecule has 26 heavy (non-hydrogen) atoms. The summed E-state index contributed by atoms with van der Waals surface area (Å²) in [4.78, 5) is 34.0. The number of piperidine rings is 1. The smallest absolute Gasteiger partial charge is 0.253 e. The number of aromatic nitrogens is 1. The van der Waals surface area contributed by atoms with Crippen LogP contribution in [0.5, 0.6) is 0 Å². The highest BCUT2D eigenvalue weighted by molar-refractivity contribution is 5.95. The third-order valence-electron chi connectivity index (χ3n) is 6.44. The van der Waals surface area contributed by atoms with E-state index in [0.717, 1.165) is 51.5 Å². The molecule has 1 N–H and O–H groups in total. The van der Waals surface area contributed by atoms with Crippen LogP contribution in [-0.2, 0) is 4.79 Å². The van der Waals surface area contributed by atoms with Crippen LogP contribution in [0, 0.1) is 5.41 Å². The quantitative estimate of drug-likeness (QED) is 0.876. The average molecular weight is 357 g/mol. The molecule has 0 bridgehead atoms. The van der Waals surface area contributed by atoms with E-state index in [1.165, 1.54) is 0 Å². The lowest BCUT2D eigenvalue weighted by Crippen LogP contribution is -2.51. The van der Waals surface area contributed by atoms with E-state index in [-0.39, 0.29) is 24.0 Å². The lowest BCUT2D eigenvalue weighted by molar-refractivity contribution is -0.141. The van der Waals surface area contributed by atoms with Crippen molar-refractivity contribution in [2.24, 2.45) is 5.41 Å². The van der Waals surface area contributed by atoms with Crippen molar-refractivity contribution >= 4 is 11.8 Å². The maximum Gasteiger partial charge on any atom is 0.253 e. The van der Waals surface area contributed by atoms with Gasteiger partial charge in [-0.25, -0.2) is 0 Å². The van der Waals surface area contributed by atoms with Crippen molar-refractivity contribution in [1.82, 2.24) is 14.8 Å². The molecule has 2 aliphatic heterocycles. The number of hydrogen-bond donors (Lipinski definition) is 1. The zero-order valence-corrected chi connectivity index (χ0v) is 15.1. The van der Waals surface area contributed by atoms with Gasteiger partial charge in [0.15, 0.2) is 0 Å². The van der Waals surface area contributed by atoms with Gasteiger partial charge in [-0.1, -0.05) is 0 Å². The second-order valence-electron chi connectivity index (χ2n) is 8.06. The number of aliphatic hydroxyl groups excluding tert-OH is 1. The van der Waals surface area contributed by atoms with Gasteiger partial charge >= 0.3 is 0 Å². The number of amides is 2. The highest BCUT2D eigenvalue weighted by Crippen LogP contribution is 2.42. The van der Waals surface area contributed by atoms with Crippen molar-refractivity contribution in [3.63, 3.8) is 0 Å².